The van der Waals surface area contributed by atoms with Crippen molar-refractivity contribution in [1.82, 2.24) is 5.06 Å². The van der Waals surface area contributed by atoms with Crippen molar-refractivity contribution in [3.05, 3.63) is 35.9 Å². The fraction of sp³-hybridized carbons (Fsp3) is 0.533. The Kier molecular flexibility index (Phi) is 4.96. The number of piperidine rings is 1. The lowest BCUT2D eigenvalue weighted by Crippen LogP contribution is -2.42. The molecule has 0 radical (unpaired) electrons. The van der Waals surface area contributed by atoms with Crippen LogP contribution in [0.15, 0.2) is 30.3 Å². The van der Waals surface area contributed by atoms with Gasteiger partial charge in [0.1, 0.15) is 0 Å². The summed E-state index contributed by atoms with van der Waals surface area (Å²) in [5.74, 6) is -0.282. The summed E-state index contributed by atoms with van der Waals surface area (Å²) in [7, 11) is -1.48. The van der Waals surface area contributed by atoms with E-state index >= 15 is 0 Å². The SMILES string of the molecule is C[Si](C)(C)OC1CCN(OC(=O)c2ccccc2)CC1. The second-order valence-electron chi connectivity index (χ2n) is 6.10. The molecule has 4 nitrogen and oxygen atoms in total. The largest absolute Gasteiger partial charge is 0.415 e. The fourth-order valence-corrected chi connectivity index (χ4v) is 3.52. The molecule has 0 atom stereocenters. The van der Waals surface area contributed by atoms with Gasteiger partial charge in [-0.1, -0.05) is 18.2 Å². The van der Waals surface area contributed by atoms with E-state index in [0.717, 1.165) is 25.9 Å². The van der Waals surface area contributed by atoms with Crippen LogP contribution in [0.3, 0.4) is 0 Å². The van der Waals surface area contributed by atoms with E-state index in [4.69, 9.17) is 9.26 Å². The third kappa shape index (κ3) is 4.74. The zero-order valence-electron chi connectivity index (χ0n) is 12.5. The molecule has 20 heavy (non-hydrogen) atoms. The van der Waals surface area contributed by atoms with E-state index in [1.807, 2.05) is 18.2 Å². The minimum absolute atomic E-state index is 0.282. The van der Waals surface area contributed by atoms with Crippen molar-refractivity contribution in [2.75, 3.05) is 13.1 Å². The first-order valence-electron chi connectivity index (χ1n) is 7.14. The van der Waals surface area contributed by atoms with Gasteiger partial charge in [0.25, 0.3) is 0 Å². The smallest absolute Gasteiger partial charge is 0.357 e. The zero-order chi connectivity index (χ0) is 14.6. The highest BCUT2D eigenvalue weighted by Gasteiger charge is 2.27. The summed E-state index contributed by atoms with van der Waals surface area (Å²) < 4.78 is 6.09. The van der Waals surface area contributed by atoms with Crippen molar-refractivity contribution in [3.63, 3.8) is 0 Å². The van der Waals surface area contributed by atoms with Crippen molar-refractivity contribution in [2.45, 2.75) is 38.6 Å². The lowest BCUT2D eigenvalue weighted by molar-refractivity contribution is -0.131. The number of hydrogen-bond acceptors (Lipinski definition) is 4. The molecule has 1 aromatic carbocycles. The number of carbonyl (C=O) groups is 1. The number of hydroxylamine groups is 2. The molecule has 1 aromatic rings. The molecule has 1 aliphatic heterocycles. The van der Waals surface area contributed by atoms with Gasteiger partial charge < -0.3 is 9.26 Å². The maximum atomic E-state index is 11.9. The molecule has 1 fully saturated rings. The second-order valence-corrected chi connectivity index (χ2v) is 10.6. The lowest BCUT2D eigenvalue weighted by atomic mass is 10.1. The zero-order valence-corrected chi connectivity index (χ0v) is 13.5. The van der Waals surface area contributed by atoms with Gasteiger partial charge in [-0.3, -0.25) is 0 Å². The second kappa shape index (κ2) is 6.52. The molecule has 110 valence electrons. The summed E-state index contributed by atoms with van der Waals surface area (Å²) in [6.07, 6.45) is 2.16. The normalized spacial score (nSPS) is 17.9. The van der Waals surface area contributed by atoms with Crippen LogP contribution in [-0.4, -0.2) is 38.5 Å². The monoisotopic (exact) mass is 293 g/mol. The van der Waals surface area contributed by atoms with Gasteiger partial charge in [-0.2, -0.15) is 0 Å². The summed E-state index contributed by atoms with van der Waals surface area (Å²) in [6.45, 7) is 8.10. The number of rotatable bonds is 4. The average molecular weight is 293 g/mol. The van der Waals surface area contributed by atoms with Crippen LogP contribution < -0.4 is 0 Å². The molecule has 2 rings (SSSR count). The van der Waals surface area contributed by atoms with Crippen LogP contribution in [0.5, 0.6) is 0 Å². The molecular formula is C15H23NO3Si. The predicted molar refractivity (Wildman–Crippen MR) is 80.9 cm³/mol. The molecule has 0 amide bonds. The first-order chi connectivity index (χ1) is 9.44. The Morgan fingerprint density at radius 1 is 1.15 bits per heavy atom. The van der Waals surface area contributed by atoms with Crippen molar-refractivity contribution in [3.8, 4) is 0 Å². The summed E-state index contributed by atoms with van der Waals surface area (Å²) in [4.78, 5) is 17.3. The first-order valence-corrected chi connectivity index (χ1v) is 10.5. The van der Waals surface area contributed by atoms with E-state index in [-0.39, 0.29) is 5.97 Å². The Labute approximate surface area is 121 Å². The third-order valence-electron chi connectivity index (χ3n) is 3.14. The Hall–Kier alpha value is -1.17. The minimum Gasteiger partial charge on any atom is -0.415 e. The summed E-state index contributed by atoms with van der Waals surface area (Å²) in [5, 5.41) is 1.75. The first kappa shape index (κ1) is 15.2. The maximum Gasteiger partial charge on any atom is 0.357 e. The Morgan fingerprint density at radius 3 is 2.30 bits per heavy atom. The van der Waals surface area contributed by atoms with Crippen molar-refractivity contribution in [1.29, 1.82) is 0 Å². The van der Waals surface area contributed by atoms with Crippen molar-refractivity contribution < 1.29 is 14.1 Å². The van der Waals surface area contributed by atoms with E-state index < -0.39 is 8.32 Å². The molecule has 0 saturated carbocycles. The quantitative estimate of drug-likeness (QED) is 0.800. The molecule has 0 spiro atoms. The van der Waals surface area contributed by atoms with Gasteiger partial charge in [-0.15, -0.1) is 5.06 Å². The summed E-state index contributed by atoms with van der Waals surface area (Å²) in [6, 6.07) is 9.10. The predicted octanol–water partition coefficient (Wildman–Crippen LogP) is 3.07. The molecule has 0 bridgehead atoms. The summed E-state index contributed by atoms with van der Waals surface area (Å²) >= 11 is 0. The van der Waals surface area contributed by atoms with Gasteiger partial charge in [-0.25, -0.2) is 4.79 Å². The van der Waals surface area contributed by atoms with Gasteiger partial charge in [-0.05, 0) is 44.6 Å². The van der Waals surface area contributed by atoms with Gasteiger partial charge in [0, 0.05) is 19.2 Å². The van der Waals surface area contributed by atoms with Crippen LogP contribution in [0.2, 0.25) is 19.6 Å². The van der Waals surface area contributed by atoms with E-state index in [2.05, 4.69) is 19.6 Å². The van der Waals surface area contributed by atoms with E-state index in [1.165, 1.54) is 0 Å². The highest BCUT2D eigenvalue weighted by atomic mass is 28.4. The standard InChI is InChI=1S/C15H23NO3Si/c1-20(2,3)19-14-9-11-16(12-10-14)18-15(17)13-7-5-4-6-8-13/h4-8,14H,9-12H2,1-3H3. The van der Waals surface area contributed by atoms with Gasteiger partial charge in [0.05, 0.1) is 5.56 Å². The summed E-state index contributed by atoms with van der Waals surface area (Å²) in [5.41, 5.74) is 0.591. The third-order valence-corrected chi connectivity index (χ3v) is 4.18. The lowest BCUT2D eigenvalue weighted by Gasteiger charge is -2.33. The molecule has 5 heteroatoms. The minimum atomic E-state index is -1.48. The van der Waals surface area contributed by atoms with Crippen LogP contribution in [0.25, 0.3) is 0 Å². The van der Waals surface area contributed by atoms with Crippen LogP contribution in [0.1, 0.15) is 23.2 Å². The molecular weight excluding hydrogens is 270 g/mol. The average Bonchev–Trinajstić information content (AvgIpc) is 2.40. The Balaban J connectivity index is 1.79. The molecule has 1 heterocycles. The van der Waals surface area contributed by atoms with Crippen LogP contribution >= 0.6 is 0 Å². The van der Waals surface area contributed by atoms with Gasteiger partial charge >= 0.3 is 5.97 Å². The molecule has 1 saturated heterocycles. The van der Waals surface area contributed by atoms with Crippen LogP contribution in [0.4, 0.5) is 0 Å². The Bertz CT molecular complexity index is 436. The van der Waals surface area contributed by atoms with E-state index in [9.17, 15) is 4.79 Å². The molecule has 0 aliphatic carbocycles. The van der Waals surface area contributed by atoms with E-state index in [1.54, 1.807) is 17.2 Å². The number of nitrogens with zero attached hydrogens (tertiary/aromatic N) is 1. The topological polar surface area (TPSA) is 38.8 Å². The van der Waals surface area contributed by atoms with Crippen LogP contribution in [-0.2, 0) is 9.26 Å². The number of carbonyl (C=O) groups excluding carboxylic acids is 1. The van der Waals surface area contributed by atoms with E-state index in [0.29, 0.717) is 11.7 Å². The molecule has 1 aliphatic rings. The number of benzene rings is 1. The van der Waals surface area contributed by atoms with Crippen molar-refractivity contribution >= 4 is 14.3 Å². The number of hydrogen-bond donors (Lipinski definition) is 0. The fourth-order valence-electron chi connectivity index (χ4n) is 2.29. The molecule has 0 aromatic heterocycles. The Morgan fingerprint density at radius 2 is 1.75 bits per heavy atom. The maximum absolute atomic E-state index is 11.9. The van der Waals surface area contributed by atoms with Crippen LogP contribution in [0, 0.1) is 0 Å². The van der Waals surface area contributed by atoms with Gasteiger partial charge in [0.15, 0.2) is 8.32 Å². The molecule has 0 unspecified atom stereocenters. The molecule has 0 N–H and O–H groups in total. The highest BCUT2D eigenvalue weighted by molar-refractivity contribution is 6.69. The highest BCUT2D eigenvalue weighted by Crippen LogP contribution is 2.19. The van der Waals surface area contributed by atoms with Gasteiger partial charge in [0.2, 0.25) is 0 Å². The van der Waals surface area contributed by atoms with Crippen molar-refractivity contribution in [2.24, 2.45) is 0 Å².